The van der Waals surface area contributed by atoms with Crippen LogP contribution in [0.1, 0.15) is 24.2 Å². The van der Waals surface area contributed by atoms with Crippen LogP contribution < -0.4 is 10.6 Å². The summed E-state index contributed by atoms with van der Waals surface area (Å²) in [5, 5.41) is 6.75. The van der Waals surface area contributed by atoms with Gasteiger partial charge >= 0.3 is 0 Å². The quantitative estimate of drug-likeness (QED) is 0.270. The number of aliphatic imine (C=N–C) groups is 1. The van der Waals surface area contributed by atoms with Gasteiger partial charge in [-0.25, -0.2) is 0 Å². The molecule has 5 nitrogen and oxygen atoms in total. The Labute approximate surface area is 185 Å². The summed E-state index contributed by atoms with van der Waals surface area (Å²) in [6.07, 6.45) is 10.1. The minimum atomic E-state index is 0. The molecule has 28 heavy (non-hydrogen) atoms. The van der Waals surface area contributed by atoms with E-state index >= 15 is 0 Å². The summed E-state index contributed by atoms with van der Waals surface area (Å²) >= 11 is 0. The van der Waals surface area contributed by atoms with Gasteiger partial charge in [0, 0.05) is 38.6 Å². The van der Waals surface area contributed by atoms with E-state index < -0.39 is 0 Å². The topological polar surface area (TPSA) is 52.8 Å². The molecule has 0 radical (unpaired) electrons. The van der Waals surface area contributed by atoms with Gasteiger partial charge in [-0.05, 0) is 30.5 Å². The average molecular weight is 492 g/mol. The van der Waals surface area contributed by atoms with Crippen molar-refractivity contribution < 1.29 is 4.42 Å². The summed E-state index contributed by atoms with van der Waals surface area (Å²) in [6.45, 7) is 4.33. The molecule has 0 spiro atoms. The van der Waals surface area contributed by atoms with Gasteiger partial charge in [0.15, 0.2) is 5.96 Å². The van der Waals surface area contributed by atoms with Gasteiger partial charge in [-0.2, -0.15) is 0 Å². The number of furan rings is 1. The van der Waals surface area contributed by atoms with Gasteiger partial charge in [-0.3, -0.25) is 9.89 Å². The van der Waals surface area contributed by atoms with E-state index in [0.29, 0.717) is 19.1 Å². The molecule has 0 bridgehead atoms. The third-order valence-electron chi connectivity index (χ3n) is 4.74. The summed E-state index contributed by atoms with van der Waals surface area (Å²) < 4.78 is 5.36. The van der Waals surface area contributed by atoms with Crippen molar-refractivity contribution in [3.8, 4) is 12.3 Å². The zero-order valence-electron chi connectivity index (χ0n) is 16.1. The van der Waals surface area contributed by atoms with Gasteiger partial charge in [-0.15, -0.1) is 30.4 Å². The minimum absolute atomic E-state index is 0. The molecule has 2 N–H and O–H groups in total. The Hall–Kier alpha value is -1.98. The van der Waals surface area contributed by atoms with Crippen LogP contribution in [0.15, 0.2) is 58.1 Å². The first-order valence-electron chi connectivity index (χ1n) is 9.60. The Bertz CT molecular complexity index is 732. The van der Waals surface area contributed by atoms with Crippen LogP contribution in [-0.4, -0.2) is 43.1 Å². The first-order chi connectivity index (χ1) is 13.3. The Kier molecular flexibility index (Phi) is 9.94. The number of halogens is 1. The van der Waals surface area contributed by atoms with Gasteiger partial charge < -0.3 is 15.1 Å². The smallest absolute Gasteiger partial charge is 0.192 e. The number of guanidine groups is 1. The van der Waals surface area contributed by atoms with Crippen LogP contribution in [0.4, 0.5) is 0 Å². The van der Waals surface area contributed by atoms with Crippen molar-refractivity contribution in [1.29, 1.82) is 0 Å². The first-order valence-corrected chi connectivity index (χ1v) is 9.60. The predicted octanol–water partition coefficient (Wildman–Crippen LogP) is 3.27. The molecule has 6 heteroatoms. The van der Waals surface area contributed by atoms with Crippen molar-refractivity contribution in [2.75, 3.05) is 26.2 Å². The van der Waals surface area contributed by atoms with E-state index in [1.165, 1.54) is 5.56 Å². The van der Waals surface area contributed by atoms with Gasteiger partial charge in [0.05, 0.1) is 12.8 Å². The second kappa shape index (κ2) is 12.5. The molecule has 1 aromatic carbocycles. The molecule has 0 unspecified atom stereocenters. The van der Waals surface area contributed by atoms with Crippen LogP contribution in [0, 0.1) is 12.3 Å². The summed E-state index contributed by atoms with van der Waals surface area (Å²) in [5.41, 5.74) is 1.37. The van der Waals surface area contributed by atoms with E-state index in [0.717, 1.165) is 50.6 Å². The average Bonchev–Trinajstić information content (AvgIpc) is 3.22. The van der Waals surface area contributed by atoms with E-state index in [1.807, 2.05) is 12.1 Å². The maximum absolute atomic E-state index is 5.39. The molecule has 1 aliphatic heterocycles. The maximum atomic E-state index is 5.39. The van der Waals surface area contributed by atoms with Crippen LogP contribution in [0.25, 0.3) is 0 Å². The van der Waals surface area contributed by atoms with E-state index in [1.54, 1.807) is 6.26 Å². The molecular weight excluding hydrogens is 463 g/mol. The van der Waals surface area contributed by atoms with Crippen molar-refractivity contribution in [2.45, 2.75) is 31.8 Å². The number of rotatable bonds is 7. The molecular formula is C22H29IN4O. The SMILES string of the molecule is C#CCNC(=NCCc1ccco1)NC1CCN(Cc2ccccc2)CC1.I. The molecule has 0 atom stereocenters. The lowest BCUT2D eigenvalue weighted by atomic mass is 10.0. The number of likely N-dealkylation sites (tertiary alicyclic amines) is 1. The molecule has 3 rings (SSSR count). The Morgan fingerprint density at radius 2 is 1.96 bits per heavy atom. The number of nitrogens with zero attached hydrogens (tertiary/aromatic N) is 2. The van der Waals surface area contributed by atoms with Crippen LogP contribution in [-0.2, 0) is 13.0 Å². The molecule has 0 saturated carbocycles. The zero-order chi connectivity index (χ0) is 18.7. The lowest BCUT2D eigenvalue weighted by Gasteiger charge is -2.33. The maximum Gasteiger partial charge on any atom is 0.192 e. The van der Waals surface area contributed by atoms with Crippen molar-refractivity contribution in [3.05, 3.63) is 60.1 Å². The Morgan fingerprint density at radius 1 is 1.18 bits per heavy atom. The fraction of sp³-hybridized carbons (Fsp3) is 0.409. The van der Waals surface area contributed by atoms with Gasteiger partial charge in [0.2, 0.25) is 0 Å². The van der Waals surface area contributed by atoms with E-state index in [4.69, 9.17) is 10.8 Å². The van der Waals surface area contributed by atoms with Crippen LogP contribution in [0.5, 0.6) is 0 Å². The highest BCUT2D eigenvalue weighted by molar-refractivity contribution is 14.0. The Morgan fingerprint density at radius 3 is 2.64 bits per heavy atom. The molecule has 2 heterocycles. The zero-order valence-corrected chi connectivity index (χ0v) is 18.5. The van der Waals surface area contributed by atoms with Crippen LogP contribution >= 0.6 is 24.0 Å². The van der Waals surface area contributed by atoms with Crippen LogP contribution in [0.2, 0.25) is 0 Å². The predicted molar refractivity (Wildman–Crippen MR) is 125 cm³/mol. The Balaban J connectivity index is 0.00000280. The number of nitrogens with one attached hydrogen (secondary N) is 2. The summed E-state index contributed by atoms with van der Waals surface area (Å²) in [6, 6.07) is 15.0. The van der Waals surface area contributed by atoms with Crippen molar-refractivity contribution in [3.63, 3.8) is 0 Å². The number of hydrogen-bond donors (Lipinski definition) is 2. The van der Waals surface area contributed by atoms with E-state index in [2.05, 4.69) is 56.8 Å². The highest BCUT2D eigenvalue weighted by Crippen LogP contribution is 2.13. The molecule has 150 valence electrons. The van der Waals surface area contributed by atoms with Crippen LogP contribution in [0.3, 0.4) is 0 Å². The molecule has 2 aromatic rings. The molecule has 1 saturated heterocycles. The highest BCUT2D eigenvalue weighted by atomic mass is 127. The van der Waals surface area contributed by atoms with Gasteiger partial charge in [-0.1, -0.05) is 36.3 Å². The number of terminal acetylenes is 1. The number of hydrogen-bond acceptors (Lipinski definition) is 3. The second-order valence-electron chi connectivity index (χ2n) is 6.80. The minimum Gasteiger partial charge on any atom is -0.469 e. The fourth-order valence-corrected chi connectivity index (χ4v) is 3.29. The molecule has 1 aromatic heterocycles. The summed E-state index contributed by atoms with van der Waals surface area (Å²) in [7, 11) is 0. The lowest BCUT2D eigenvalue weighted by Crippen LogP contribution is -2.48. The number of benzene rings is 1. The highest BCUT2D eigenvalue weighted by Gasteiger charge is 2.20. The van der Waals surface area contributed by atoms with E-state index in [-0.39, 0.29) is 24.0 Å². The van der Waals surface area contributed by atoms with Gasteiger partial charge in [0.25, 0.3) is 0 Å². The monoisotopic (exact) mass is 492 g/mol. The number of piperidine rings is 1. The normalized spacial score (nSPS) is 15.5. The first kappa shape index (κ1) is 22.3. The second-order valence-corrected chi connectivity index (χ2v) is 6.80. The largest absolute Gasteiger partial charge is 0.469 e. The van der Waals surface area contributed by atoms with E-state index in [9.17, 15) is 0 Å². The standard InChI is InChI=1S/C22H28N4O.HI/c1-2-13-23-22(24-14-10-21-9-6-17-27-21)25-20-11-15-26(16-12-20)18-19-7-4-3-5-8-19;/h1,3-9,17,20H,10-16,18H2,(H2,23,24,25);1H. The van der Waals surface area contributed by atoms with Crippen molar-refractivity contribution >= 4 is 29.9 Å². The fourth-order valence-electron chi connectivity index (χ4n) is 3.29. The van der Waals surface area contributed by atoms with Crippen molar-refractivity contribution in [2.24, 2.45) is 4.99 Å². The van der Waals surface area contributed by atoms with Gasteiger partial charge in [0.1, 0.15) is 5.76 Å². The molecule has 1 fully saturated rings. The summed E-state index contributed by atoms with van der Waals surface area (Å²) in [4.78, 5) is 7.15. The molecule has 0 amide bonds. The lowest BCUT2D eigenvalue weighted by molar-refractivity contribution is 0.198. The molecule has 0 aliphatic carbocycles. The summed E-state index contributed by atoms with van der Waals surface area (Å²) in [5.74, 6) is 4.36. The third-order valence-corrected chi connectivity index (χ3v) is 4.74. The third kappa shape index (κ3) is 7.56. The molecule has 1 aliphatic rings. The van der Waals surface area contributed by atoms with Crippen molar-refractivity contribution in [1.82, 2.24) is 15.5 Å².